The molecule has 0 amide bonds. The number of benzene rings is 9. The van der Waals surface area contributed by atoms with E-state index in [1.54, 1.807) is 0 Å². The Morgan fingerprint density at radius 2 is 0.867 bits per heavy atom. The van der Waals surface area contributed by atoms with E-state index in [9.17, 15) is 0 Å². The van der Waals surface area contributed by atoms with Gasteiger partial charge >= 0.3 is 0 Å². The van der Waals surface area contributed by atoms with E-state index >= 15 is 0 Å². The average molecular weight is 765 g/mol. The van der Waals surface area contributed by atoms with Crippen LogP contribution < -0.4 is 0 Å². The molecule has 1 aliphatic carbocycles. The molecule has 12 aromatic rings. The van der Waals surface area contributed by atoms with Gasteiger partial charge in [0, 0.05) is 38.2 Å². The molecule has 278 valence electrons. The van der Waals surface area contributed by atoms with Crippen LogP contribution in [0.1, 0.15) is 0 Å². The van der Waals surface area contributed by atoms with Gasteiger partial charge in [-0.3, -0.25) is 0 Å². The molecule has 0 radical (unpaired) electrons. The molecule has 3 heterocycles. The highest BCUT2D eigenvalue weighted by atomic mass is 16.3. The summed E-state index contributed by atoms with van der Waals surface area (Å²) in [6.07, 6.45) is 0. The van der Waals surface area contributed by atoms with Gasteiger partial charge in [-0.25, -0.2) is 15.0 Å². The topological polar surface area (TPSA) is 56.7 Å². The smallest absolute Gasteiger partial charge is 0.170 e. The van der Waals surface area contributed by atoms with E-state index in [0.717, 1.165) is 66.5 Å². The number of nitrogens with zero attached hydrogens (tertiary/aromatic N) is 4. The lowest BCUT2D eigenvalue weighted by molar-refractivity contribution is 0.670. The summed E-state index contributed by atoms with van der Waals surface area (Å²) in [5, 5.41) is 6.96. The summed E-state index contributed by atoms with van der Waals surface area (Å²) < 4.78 is 9.64. The van der Waals surface area contributed by atoms with Gasteiger partial charge in [-0.1, -0.05) is 170 Å². The predicted octanol–water partition coefficient (Wildman–Crippen LogP) is 14.3. The van der Waals surface area contributed by atoms with Crippen molar-refractivity contribution in [2.24, 2.45) is 0 Å². The SMILES string of the molecule is c1ccc(-c2nc(-c3ccccc3)nc(-c3c(-n4c5cccc6c5c5c7c(cccc7ccc54)-c4ccccc4-6)ccc4c3oc3c(-c5ccccc5)cccc34)n2)cc1. The van der Waals surface area contributed by atoms with Crippen molar-refractivity contribution in [2.45, 2.75) is 0 Å². The van der Waals surface area contributed by atoms with Crippen molar-refractivity contribution in [3.63, 3.8) is 0 Å². The van der Waals surface area contributed by atoms with Crippen LogP contribution in [0.2, 0.25) is 0 Å². The minimum absolute atomic E-state index is 0.536. The number of furan rings is 1. The summed E-state index contributed by atoms with van der Waals surface area (Å²) in [4.78, 5) is 15.8. The monoisotopic (exact) mass is 764 g/mol. The highest BCUT2D eigenvalue weighted by molar-refractivity contribution is 6.30. The fraction of sp³-hybridized carbons (Fsp3) is 0. The number of para-hydroxylation sites is 1. The molecule has 9 aromatic carbocycles. The van der Waals surface area contributed by atoms with E-state index in [0.29, 0.717) is 17.5 Å². The van der Waals surface area contributed by atoms with Crippen LogP contribution >= 0.6 is 0 Å². The molecule has 0 bridgehead atoms. The van der Waals surface area contributed by atoms with Crippen LogP contribution in [0.3, 0.4) is 0 Å². The van der Waals surface area contributed by atoms with Gasteiger partial charge in [-0.05, 0) is 62.9 Å². The summed E-state index contributed by atoms with van der Waals surface area (Å²) in [6.45, 7) is 0. The predicted molar refractivity (Wildman–Crippen MR) is 245 cm³/mol. The molecule has 13 rings (SSSR count). The Morgan fingerprint density at radius 3 is 1.57 bits per heavy atom. The Bertz CT molecular complexity index is 3640. The Balaban J connectivity index is 1.20. The van der Waals surface area contributed by atoms with E-state index < -0.39 is 0 Å². The average Bonchev–Trinajstić information content (AvgIpc) is 3.84. The van der Waals surface area contributed by atoms with Gasteiger partial charge in [-0.2, -0.15) is 0 Å². The Labute approximate surface area is 344 Å². The van der Waals surface area contributed by atoms with E-state index in [4.69, 9.17) is 19.4 Å². The lowest BCUT2D eigenvalue weighted by Crippen LogP contribution is -2.04. The van der Waals surface area contributed by atoms with Crippen LogP contribution in [0.4, 0.5) is 0 Å². The molecule has 0 unspecified atom stereocenters. The van der Waals surface area contributed by atoms with Gasteiger partial charge in [0.15, 0.2) is 17.5 Å². The minimum atomic E-state index is 0.536. The number of rotatable bonds is 5. The lowest BCUT2D eigenvalue weighted by atomic mass is 9.93. The van der Waals surface area contributed by atoms with Crippen LogP contribution in [0, 0.1) is 0 Å². The summed E-state index contributed by atoms with van der Waals surface area (Å²) in [5.74, 6) is 1.72. The molecular formula is C55H32N4O. The van der Waals surface area contributed by atoms with Crippen LogP contribution in [-0.2, 0) is 0 Å². The minimum Gasteiger partial charge on any atom is -0.455 e. The standard InChI is InChI=1S/C55H32N4O/c1-4-15-33(16-5-1)37-24-13-27-42-43-30-32-46(50(52(43)60-51(37)42)55-57-53(35-17-6-2-7-18-35)56-54(58-55)36-19-8-3-9-20-36)59-44-28-14-26-41-39-23-11-10-22-38(39)40-25-12-21-34-29-31-45(59)49(47(34)40)48(41)44/h1-32H. The Kier molecular flexibility index (Phi) is 6.95. The maximum atomic E-state index is 7.23. The zero-order valence-corrected chi connectivity index (χ0v) is 32.2. The van der Waals surface area contributed by atoms with Crippen molar-refractivity contribution in [3.05, 3.63) is 194 Å². The molecule has 60 heavy (non-hydrogen) atoms. The van der Waals surface area contributed by atoms with Crippen molar-refractivity contribution < 1.29 is 4.42 Å². The molecule has 5 heteroatoms. The number of aromatic nitrogens is 4. The largest absolute Gasteiger partial charge is 0.455 e. The molecule has 0 spiro atoms. The fourth-order valence-corrected chi connectivity index (χ4v) is 9.61. The molecule has 0 atom stereocenters. The number of hydrogen-bond acceptors (Lipinski definition) is 4. The van der Waals surface area contributed by atoms with Gasteiger partial charge in [-0.15, -0.1) is 0 Å². The van der Waals surface area contributed by atoms with Crippen molar-refractivity contribution in [1.82, 2.24) is 19.5 Å². The first kappa shape index (κ1) is 32.9. The lowest BCUT2D eigenvalue weighted by Gasteiger charge is -2.16. The maximum absolute atomic E-state index is 7.23. The number of fused-ring (bicyclic) bond motifs is 6. The number of hydrogen-bond donors (Lipinski definition) is 0. The molecule has 0 saturated heterocycles. The zero-order valence-electron chi connectivity index (χ0n) is 32.2. The van der Waals surface area contributed by atoms with Crippen molar-refractivity contribution >= 4 is 54.5 Å². The van der Waals surface area contributed by atoms with Crippen LogP contribution in [-0.4, -0.2) is 19.5 Å². The van der Waals surface area contributed by atoms with Crippen LogP contribution in [0.25, 0.3) is 128 Å². The molecule has 0 N–H and O–H groups in total. The Morgan fingerprint density at radius 1 is 0.333 bits per heavy atom. The maximum Gasteiger partial charge on any atom is 0.170 e. The quantitative estimate of drug-likeness (QED) is 0.175. The third-order valence-corrected chi connectivity index (χ3v) is 12.2. The molecule has 0 saturated carbocycles. The summed E-state index contributed by atoms with van der Waals surface area (Å²) in [7, 11) is 0. The second-order valence-electron chi connectivity index (χ2n) is 15.5. The molecular weight excluding hydrogens is 733 g/mol. The highest BCUT2D eigenvalue weighted by Crippen LogP contribution is 2.51. The fourth-order valence-electron chi connectivity index (χ4n) is 9.61. The summed E-state index contributed by atoms with van der Waals surface area (Å²) in [5.41, 5.74) is 14.3. The summed E-state index contributed by atoms with van der Waals surface area (Å²) in [6, 6.07) is 68.4. The highest BCUT2D eigenvalue weighted by Gasteiger charge is 2.28. The van der Waals surface area contributed by atoms with Gasteiger partial charge in [0.2, 0.25) is 0 Å². The van der Waals surface area contributed by atoms with Crippen molar-refractivity contribution in [2.75, 3.05) is 0 Å². The molecule has 5 nitrogen and oxygen atoms in total. The molecule has 0 fully saturated rings. The third kappa shape index (κ3) is 4.71. The first-order chi connectivity index (χ1) is 29.8. The van der Waals surface area contributed by atoms with Gasteiger partial charge < -0.3 is 8.98 Å². The first-order valence-corrected chi connectivity index (χ1v) is 20.3. The van der Waals surface area contributed by atoms with Crippen molar-refractivity contribution in [3.8, 4) is 73.2 Å². The van der Waals surface area contributed by atoms with Crippen LogP contribution in [0.15, 0.2) is 199 Å². The zero-order chi connectivity index (χ0) is 39.3. The van der Waals surface area contributed by atoms with E-state index in [2.05, 4.69) is 156 Å². The third-order valence-electron chi connectivity index (χ3n) is 12.2. The molecule has 3 aromatic heterocycles. The van der Waals surface area contributed by atoms with Gasteiger partial charge in [0.1, 0.15) is 11.2 Å². The first-order valence-electron chi connectivity index (χ1n) is 20.3. The normalized spacial score (nSPS) is 12.0. The van der Waals surface area contributed by atoms with E-state index in [1.165, 1.54) is 43.8 Å². The van der Waals surface area contributed by atoms with Crippen LogP contribution in [0.5, 0.6) is 0 Å². The van der Waals surface area contributed by atoms with E-state index in [-0.39, 0.29) is 0 Å². The molecule has 0 aliphatic heterocycles. The van der Waals surface area contributed by atoms with Crippen molar-refractivity contribution in [1.29, 1.82) is 0 Å². The molecule has 1 aliphatic rings. The summed E-state index contributed by atoms with van der Waals surface area (Å²) >= 11 is 0. The second-order valence-corrected chi connectivity index (χ2v) is 15.5. The Hall–Kier alpha value is -8.15. The van der Waals surface area contributed by atoms with Gasteiger partial charge in [0.05, 0.1) is 22.3 Å². The van der Waals surface area contributed by atoms with E-state index in [1.807, 2.05) is 42.5 Å². The second kappa shape index (κ2) is 12.7. The van der Waals surface area contributed by atoms with Gasteiger partial charge in [0.25, 0.3) is 0 Å².